The van der Waals surface area contributed by atoms with Gasteiger partial charge in [-0.15, -0.1) is 0 Å². The third kappa shape index (κ3) is 7.53. The molecule has 1 fully saturated rings. The molecule has 1 aliphatic heterocycles. The lowest BCUT2D eigenvalue weighted by Crippen LogP contribution is -2.52. The molecule has 1 aliphatic carbocycles. The zero-order valence-electron chi connectivity index (χ0n) is 23.8. The second kappa shape index (κ2) is 13.7. The molecule has 0 saturated heterocycles. The first-order valence-electron chi connectivity index (χ1n) is 14.3. The maximum atomic E-state index is 13.7. The minimum Gasteiger partial charge on any atom is -0.487 e. The molecule has 2 aliphatic rings. The number of aliphatic hydroxyl groups excluding tert-OH is 1. The van der Waals surface area contributed by atoms with Gasteiger partial charge in [0.05, 0.1) is 31.2 Å². The van der Waals surface area contributed by atoms with E-state index < -0.39 is 6.04 Å². The number of nitrogens with one attached hydrogen (secondary N) is 2. The van der Waals surface area contributed by atoms with E-state index in [1.807, 2.05) is 37.3 Å². The summed E-state index contributed by atoms with van der Waals surface area (Å²) in [6.07, 6.45) is 5.32. The Bertz CT molecular complexity index is 1170. The van der Waals surface area contributed by atoms with Crippen LogP contribution in [0.25, 0.3) is 0 Å². The van der Waals surface area contributed by atoms with E-state index >= 15 is 0 Å². The number of benzene rings is 2. The molecule has 2 aromatic carbocycles. The Morgan fingerprint density at radius 2 is 1.85 bits per heavy atom. The molecule has 3 atom stereocenters. The first-order valence-corrected chi connectivity index (χ1v) is 14.3. The van der Waals surface area contributed by atoms with E-state index in [1.54, 1.807) is 42.0 Å². The lowest BCUT2D eigenvalue weighted by Gasteiger charge is -2.38. The van der Waals surface area contributed by atoms with Crippen LogP contribution in [0.5, 0.6) is 5.75 Å². The van der Waals surface area contributed by atoms with Crippen molar-refractivity contribution in [3.8, 4) is 5.75 Å². The van der Waals surface area contributed by atoms with Gasteiger partial charge in [0.2, 0.25) is 5.91 Å². The number of nitrogens with zero attached hydrogens (tertiary/aromatic N) is 2. The van der Waals surface area contributed by atoms with E-state index in [4.69, 9.17) is 4.74 Å². The molecular formula is C31H42N4O5. The molecule has 2 aromatic rings. The number of carbonyl (C=O) groups excluding carboxylic acids is 3. The molecule has 0 radical (unpaired) electrons. The summed E-state index contributed by atoms with van der Waals surface area (Å²) in [5, 5.41) is 15.9. The standard InChI is InChI=1S/C31H42N4O5/c1-21-18-35(22(2)20-36)30(38)26-17-25(32-29(37)16-23-10-6-4-7-11-23)14-15-27(26)40-28(21)19-34(3)31(39)33-24-12-8-5-9-13-24/h4,6-7,10-11,14-15,17,21-22,24,28,36H,5,8-9,12-13,16,18-20H2,1-3H3,(H,32,37)(H,33,39)/t21-,22-,28+/m1/s1. The highest BCUT2D eigenvalue weighted by Crippen LogP contribution is 2.31. The van der Waals surface area contributed by atoms with Gasteiger partial charge in [0, 0.05) is 31.2 Å². The van der Waals surface area contributed by atoms with Gasteiger partial charge in [-0.25, -0.2) is 4.79 Å². The lowest BCUT2D eigenvalue weighted by atomic mass is 9.96. The van der Waals surface area contributed by atoms with Crippen molar-refractivity contribution in [2.45, 2.75) is 70.6 Å². The van der Waals surface area contributed by atoms with E-state index in [1.165, 1.54) is 6.42 Å². The van der Waals surface area contributed by atoms with Crippen LogP contribution in [-0.2, 0) is 11.2 Å². The summed E-state index contributed by atoms with van der Waals surface area (Å²) < 4.78 is 6.40. The molecule has 0 bridgehead atoms. The van der Waals surface area contributed by atoms with Gasteiger partial charge in [-0.3, -0.25) is 9.59 Å². The molecule has 0 unspecified atom stereocenters. The Hall–Kier alpha value is -3.59. The van der Waals surface area contributed by atoms with Crippen molar-refractivity contribution in [1.29, 1.82) is 0 Å². The Morgan fingerprint density at radius 3 is 2.55 bits per heavy atom. The van der Waals surface area contributed by atoms with Crippen molar-refractivity contribution >= 4 is 23.5 Å². The van der Waals surface area contributed by atoms with Crippen molar-refractivity contribution in [2.24, 2.45) is 5.92 Å². The highest BCUT2D eigenvalue weighted by atomic mass is 16.5. The maximum Gasteiger partial charge on any atom is 0.317 e. The normalized spacial score (nSPS) is 20.4. The number of amides is 4. The van der Waals surface area contributed by atoms with Crippen molar-refractivity contribution in [1.82, 2.24) is 15.1 Å². The Balaban J connectivity index is 1.53. The fourth-order valence-electron chi connectivity index (χ4n) is 5.39. The Kier molecular flexibility index (Phi) is 10.0. The van der Waals surface area contributed by atoms with Gasteiger partial charge in [0.25, 0.3) is 5.91 Å². The second-order valence-corrected chi connectivity index (χ2v) is 11.2. The average molecular weight is 551 g/mol. The van der Waals surface area contributed by atoms with Gasteiger partial charge >= 0.3 is 6.03 Å². The molecule has 1 saturated carbocycles. The Morgan fingerprint density at radius 1 is 1.12 bits per heavy atom. The summed E-state index contributed by atoms with van der Waals surface area (Å²) in [6, 6.07) is 14.2. The summed E-state index contributed by atoms with van der Waals surface area (Å²) in [7, 11) is 1.76. The fraction of sp³-hybridized carbons (Fsp3) is 0.516. The van der Waals surface area contributed by atoms with Crippen LogP contribution >= 0.6 is 0 Å². The number of likely N-dealkylation sites (N-methyl/N-ethyl adjacent to an activating group) is 1. The van der Waals surface area contributed by atoms with Crippen molar-refractivity contribution in [3.05, 3.63) is 59.7 Å². The third-order valence-corrected chi connectivity index (χ3v) is 7.89. The van der Waals surface area contributed by atoms with Gasteiger partial charge in [-0.05, 0) is 43.5 Å². The number of hydrogen-bond acceptors (Lipinski definition) is 5. The quantitative estimate of drug-likeness (QED) is 0.459. The van der Waals surface area contributed by atoms with Gasteiger partial charge < -0.3 is 30.3 Å². The highest BCUT2D eigenvalue weighted by molar-refractivity contribution is 6.00. The third-order valence-electron chi connectivity index (χ3n) is 7.89. The predicted octanol–water partition coefficient (Wildman–Crippen LogP) is 4.06. The van der Waals surface area contributed by atoms with Crippen LogP contribution in [0.1, 0.15) is 61.9 Å². The van der Waals surface area contributed by atoms with E-state index in [-0.39, 0.29) is 48.9 Å². The smallest absolute Gasteiger partial charge is 0.317 e. The van der Waals surface area contributed by atoms with Gasteiger partial charge in [0.15, 0.2) is 0 Å². The topological polar surface area (TPSA) is 111 Å². The van der Waals surface area contributed by atoms with Crippen LogP contribution in [0.15, 0.2) is 48.5 Å². The van der Waals surface area contributed by atoms with Crippen LogP contribution in [0.3, 0.4) is 0 Å². The lowest BCUT2D eigenvalue weighted by molar-refractivity contribution is -0.115. The number of carbonyl (C=O) groups is 3. The highest BCUT2D eigenvalue weighted by Gasteiger charge is 2.34. The van der Waals surface area contributed by atoms with Crippen LogP contribution < -0.4 is 15.4 Å². The first kappa shape index (κ1) is 29.4. The van der Waals surface area contributed by atoms with E-state index in [0.717, 1.165) is 31.2 Å². The van der Waals surface area contributed by atoms with Crippen LogP contribution in [0.4, 0.5) is 10.5 Å². The number of hydrogen-bond donors (Lipinski definition) is 3. The zero-order chi connectivity index (χ0) is 28.6. The summed E-state index contributed by atoms with van der Waals surface area (Å²) in [6.45, 7) is 4.30. The van der Waals surface area contributed by atoms with Crippen LogP contribution in [0.2, 0.25) is 0 Å². The molecule has 0 spiro atoms. The Labute approximate surface area is 236 Å². The minimum atomic E-state index is -0.412. The minimum absolute atomic E-state index is 0.110. The summed E-state index contributed by atoms with van der Waals surface area (Å²) in [5.41, 5.74) is 1.69. The molecule has 9 nitrogen and oxygen atoms in total. The first-order chi connectivity index (χ1) is 19.2. The molecule has 216 valence electrons. The summed E-state index contributed by atoms with van der Waals surface area (Å²) in [4.78, 5) is 42.6. The number of rotatable bonds is 8. The van der Waals surface area contributed by atoms with E-state index in [2.05, 4.69) is 10.6 Å². The van der Waals surface area contributed by atoms with Gasteiger partial charge in [-0.2, -0.15) is 0 Å². The monoisotopic (exact) mass is 550 g/mol. The molecule has 9 heteroatoms. The summed E-state index contributed by atoms with van der Waals surface area (Å²) >= 11 is 0. The molecular weight excluding hydrogens is 508 g/mol. The molecule has 0 aromatic heterocycles. The number of ether oxygens (including phenoxy) is 1. The van der Waals surface area contributed by atoms with Crippen LogP contribution in [-0.4, -0.2) is 77.7 Å². The number of anilines is 1. The average Bonchev–Trinajstić information content (AvgIpc) is 2.95. The maximum absolute atomic E-state index is 13.7. The molecule has 1 heterocycles. The largest absolute Gasteiger partial charge is 0.487 e. The van der Waals surface area contributed by atoms with Crippen LogP contribution in [0, 0.1) is 5.92 Å². The van der Waals surface area contributed by atoms with Crippen molar-refractivity contribution in [3.63, 3.8) is 0 Å². The van der Waals surface area contributed by atoms with E-state index in [9.17, 15) is 19.5 Å². The SMILES string of the molecule is C[C@@H]1CN([C@H](C)CO)C(=O)c2cc(NC(=O)Cc3ccccc3)ccc2O[C@H]1CN(C)C(=O)NC1CCCCC1. The van der Waals surface area contributed by atoms with Crippen molar-refractivity contribution < 1.29 is 24.2 Å². The zero-order valence-corrected chi connectivity index (χ0v) is 23.8. The fourth-order valence-corrected chi connectivity index (χ4v) is 5.39. The molecule has 40 heavy (non-hydrogen) atoms. The molecule has 4 amide bonds. The predicted molar refractivity (Wildman–Crippen MR) is 154 cm³/mol. The summed E-state index contributed by atoms with van der Waals surface area (Å²) in [5.74, 6) is -0.187. The molecule has 3 N–H and O–H groups in total. The number of urea groups is 1. The van der Waals surface area contributed by atoms with Gasteiger partial charge in [-0.1, -0.05) is 56.5 Å². The second-order valence-electron chi connectivity index (χ2n) is 11.2. The van der Waals surface area contributed by atoms with Crippen molar-refractivity contribution in [2.75, 3.05) is 32.1 Å². The number of fused-ring (bicyclic) bond motifs is 1. The van der Waals surface area contributed by atoms with E-state index in [0.29, 0.717) is 30.1 Å². The molecule has 4 rings (SSSR count). The van der Waals surface area contributed by atoms with Gasteiger partial charge in [0.1, 0.15) is 11.9 Å². The number of aliphatic hydroxyl groups is 1.